The Balaban J connectivity index is 0.000000248. The van der Waals surface area contributed by atoms with Gasteiger partial charge >= 0.3 is 0 Å². The van der Waals surface area contributed by atoms with Crippen LogP contribution < -0.4 is 16.8 Å². The molecule has 0 spiro atoms. The van der Waals surface area contributed by atoms with Gasteiger partial charge in [-0.05, 0) is 134 Å². The van der Waals surface area contributed by atoms with Crippen molar-refractivity contribution in [2.75, 3.05) is 112 Å². The van der Waals surface area contributed by atoms with Crippen molar-refractivity contribution in [3.63, 3.8) is 0 Å². The van der Waals surface area contributed by atoms with Gasteiger partial charge in [-0.2, -0.15) is 0 Å². The Morgan fingerprint density at radius 3 is 1.27 bits per heavy atom. The minimum Gasteiger partial charge on any atom is -0.412 e. The van der Waals surface area contributed by atoms with Crippen LogP contribution >= 0.6 is 27.5 Å². The lowest BCUT2D eigenvalue weighted by atomic mass is 10.1. The summed E-state index contributed by atoms with van der Waals surface area (Å²) in [4.78, 5) is 37.1. The molecule has 4 fully saturated rings. The van der Waals surface area contributed by atoms with Gasteiger partial charge in [-0.3, -0.25) is 4.79 Å². The van der Waals surface area contributed by atoms with Gasteiger partial charge in [-0.1, -0.05) is 54.0 Å². The molecular weight excluding hydrogens is 1410 g/mol. The van der Waals surface area contributed by atoms with Gasteiger partial charge in [-0.25, -0.2) is 20.0 Å². The quantitative estimate of drug-likeness (QED) is 0.0515. The number of aliphatic hydroxyl groups excluding tert-OH is 8. The Kier molecular flexibility index (Phi) is 31.7. The number of nitrogens with two attached hydrogens (primary N) is 2. The van der Waals surface area contributed by atoms with Crippen LogP contribution in [0.1, 0.15) is 66.7 Å². The maximum absolute atomic E-state index is 11.3. The lowest BCUT2D eigenvalue weighted by molar-refractivity contribution is -0.117. The van der Waals surface area contributed by atoms with Crippen LogP contribution in [0.15, 0.2) is 117 Å². The van der Waals surface area contributed by atoms with Crippen molar-refractivity contribution in [3.05, 3.63) is 97.2 Å². The molecule has 16 atom stereocenters. The van der Waals surface area contributed by atoms with E-state index < -0.39 is 128 Å². The van der Waals surface area contributed by atoms with Crippen LogP contribution in [-0.4, -0.2) is 339 Å². The molecule has 0 saturated carbocycles. The zero-order chi connectivity index (χ0) is 78.1. The topological polar surface area (TPSA) is 364 Å². The summed E-state index contributed by atoms with van der Waals surface area (Å²) in [6.07, 6.45) is 20.8. The van der Waals surface area contributed by atoms with E-state index in [2.05, 4.69) is 164 Å². The number of aliphatic imine (C=N–C) groups is 4. The van der Waals surface area contributed by atoms with Crippen LogP contribution in [0, 0.1) is 0 Å². The minimum absolute atomic E-state index is 0.0735. The second-order valence-corrected chi connectivity index (χ2v) is 53.9. The van der Waals surface area contributed by atoms with Crippen LogP contribution in [0.5, 0.6) is 0 Å². The SMILES string of the molecule is C=C1N=C(N(C)C)C=CN1[C@@H]1O[C@H](CCP(=C)(C)C)[C@@H](O)[C@H]1OC.C=C1N=C(N)C(CO)=CN1[C@@H]1O[C@H](CCP(=C)(C)C)[C@@H](O)[C@H]1O.C=C1N=C(N)C(CO[Si](C)(C)C(C)(C)C)=CN1[C@@H]1O[C@H](CCP(=C)(C)C)[C@@H](O)[C@H]1O.C=C1N=C(NC(C)=O)C(CC)=CN1[C@@H]1O[C@H](CCP(=C)(C)C)[C@@H](O)[C@H]1O. The lowest BCUT2D eigenvalue weighted by Crippen LogP contribution is -2.44. The summed E-state index contributed by atoms with van der Waals surface area (Å²) in [5, 5.41) is 85.3. The highest BCUT2D eigenvalue weighted by atomic mass is 31.2. The van der Waals surface area contributed by atoms with Gasteiger partial charge in [0.15, 0.2) is 33.2 Å². The minimum atomic E-state index is -1.97. The number of aliphatic hydroxyl groups is 8. The largest absolute Gasteiger partial charge is 0.412 e. The third-order valence-electron chi connectivity index (χ3n) is 18.9. The fourth-order valence-electron chi connectivity index (χ4n) is 11.5. The highest BCUT2D eigenvalue weighted by Crippen LogP contribution is 2.44. The molecule has 8 aliphatic rings. The maximum Gasteiger partial charge on any atom is 0.222 e. The van der Waals surface area contributed by atoms with Gasteiger partial charge in [0.1, 0.15) is 95.5 Å². The Bertz CT molecular complexity index is 3510. The Morgan fingerprint density at radius 2 is 0.932 bits per heavy atom. The van der Waals surface area contributed by atoms with E-state index in [1.54, 1.807) is 35.5 Å². The van der Waals surface area contributed by atoms with E-state index in [-0.39, 0.29) is 29.5 Å². The molecule has 0 aromatic carbocycles. The zero-order valence-electron chi connectivity index (χ0n) is 64.5. The molecule has 0 radical (unpaired) electrons. The van der Waals surface area contributed by atoms with Gasteiger partial charge in [0.05, 0.1) is 37.6 Å². The number of rotatable bonds is 22. The lowest BCUT2D eigenvalue weighted by Gasteiger charge is -2.37. The molecule has 103 heavy (non-hydrogen) atoms. The van der Waals surface area contributed by atoms with E-state index in [4.69, 9.17) is 39.6 Å². The predicted molar refractivity (Wildman–Crippen MR) is 432 cm³/mol. The highest BCUT2D eigenvalue weighted by Gasteiger charge is 2.51. The third-order valence-corrected chi connectivity index (χ3v) is 29.2. The van der Waals surface area contributed by atoms with E-state index in [0.717, 1.165) is 42.5 Å². The molecule has 0 aromatic rings. The van der Waals surface area contributed by atoms with E-state index in [0.29, 0.717) is 78.4 Å². The van der Waals surface area contributed by atoms with Gasteiger partial charge in [-0.15, -0.1) is 52.7 Å². The number of amidine groups is 4. The van der Waals surface area contributed by atoms with Crippen molar-refractivity contribution in [1.82, 2.24) is 29.8 Å². The second-order valence-electron chi connectivity index (χ2n) is 31.8. The summed E-state index contributed by atoms with van der Waals surface area (Å²) in [5.74, 6) is 3.17. The molecule has 8 aliphatic heterocycles. The first-order valence-electron chi connectivity index (χ1n) is 34.7. The number of ether oxygens (including phenoxy) is 5. The number of nitrogens with zero attached hydrogens (tertiary/aromatic N) is 9. The average molecular weight is 1540 g/mol. The van der Waals surface area contributed by atoms with Crippen LogP contribution in [0.25, 0.3) is 0 Å². The van der Waals surface area contributed by atoms with E-state index in [1.165, 1.54) is 11.8 Å². The number of hydrogen-bond acceptors (Lipinski definition) is 26. The standard InChI is InChI=1S/C21H40N3O4PSi.C18H30N3O4P.C17H30N3O3P.C15H26N3O4P/c1-14-23-19(22)15(13-27-30(8,9)21(2,3)4)12-24(14)20-18(26)17(25)16(28-20)10-11-29(5,6)7;1-7-13-10-21(11(2)19-17(13)20-12(3)22)18-16(24)15(23)14(25-18)8-9-26(4,5)6;1-12-18-14(19(2)3)8-10-20(12)17-16(22-4)15(21)13(23-17)9-11-24(5,6)7;1-9-17-14(16)10(8-19)7-18(9)15-13(21)12(20)11(22-15)5-6-23(2,3)4/h12,16-18,20,25-26H,1,5,10-11,13H2,2-4,6-9H3,(H2,22,23);10,14-16,18,23-24H,2,4,7-9H2,1,3,5-6H3,(H,19,20,22);8,10,13,15-17,21H,1,5,9,11H2,2-4,6-7H3;7,11-13,15,19-21H,1-2,5-6,8H2,3-4H3,(H2,16,17)/t16-,17-,18-,20-;14-,15-,16-,18-;13-,15-,16-,17-;11-,12-,13-,15-/m1111/s1. The smallest absolute Gasteiger partial charge is 0.222 e. The molecule has 32 heteroatoms. The van der Waals surface area contributed by atoms with Crippen molar-refractivity contribution in [2.45, 2.75) is 183 Å². The Hall–Kier alpha value is -4.47. The number of carbonyl (C=O) groups is 1. The van der Waals surface area contributed by atoms with Gasteiger partial charge < -0.3 is 110 Å². The Morgan fingerprint density at radius 1 is 0.583 bits per heavy atom. The number of likely N-dealkylation sites (N-methyl/N-ethyl adjacent to an activating group) is 1. The molecule has 8 rings (SSSR count). The summed E-state index contributed by atoms with van der Waals surface area (Å²) >= 11 is 0. The van der Waals surface area contributed by atoms with Gasteiger partial charge in [0, 0.05) is 69.6 Å². The number of amides is 1. The summed E-state index contributed by atoms with van der Waals surface area (Å²) < 4.78 is 35.8. The van der Waals surface area contributed by atoms with Crippen LogP contribution in [-0.2, 0) is 32.9 Å². The average Bonchev–Trinajstić information content (AvgIpc) is 1.69. The molecule has 0 aromatic heterocycles. The molecule has 0 aliphatic carbocycles. The number of hydrogen-bond donors (Lipinski definition) is 11. The van der Waals surface area contributed by atoms with Crippen LogP contribution in [0.4, 0.5) is 0 Å². The number of carbonyl (C=O) groups excluding carboxylic acids is 1. The summed E-state index contributed by atoms with van der Waals surface area (Å²) in [6.45, 7) is 42.2. The van der Waals surface area contributed by atoms with Crippen molar-refractivity contribution < 1.29 is 73.8 Å². The monoisotopic (exact) mass is 1540 g/mol. The first kappa shape index (κ1) is 89.2. The maximum atomic E-state index is 11.3. The zero-order valence-corrected chi connectivity index (χ0v) is 69.0. The fraction of sp³-hybridized carbons (Fsp3) is 0.648. The molecule has 1 amide bonds. The van der Waals surface area contributed by atoms with Crippen LogP contribution in [0.2, 0.25) is 18.1 Å². The number of methoxy groups -OCH3 is 1. The Labute approximate surface area is 614 Å². The molecule has 0 unspecified atom stereocenters. The molecule has 0 bridgehead atoms. The molecule has 4 saturated heterocycles. The third kappa shape index (κ3) is 24.8. The normalized spacial score (nSPS) is 30.1. The van der Waals surface area contributed by atoms with Crippen molar-refractivity contribution in [3.8, 4) is 0 Å². The van der Waals surface area contributed by atoms with Gasteiger partial charge in [0.2, 0.25) is 5.91 Å². The van der Waals surface area contributed by atoms with Crippen molar-refractivity contribution in [1.29, 1.82) is 0 Å². The number of nitrogens with one attached hydrogen (secondary N) is 1. The van der Waals surface area contributed by atoms with Crippen LogP contribution in [0.3, 0.4) is 0 Å². The highest BCUT2D eigenvalue weighted by molar-refractivity contribution is 7.73. The second kappa shape index (κ2) is 36.6. The van der Waals surface area contributed by atoms with Crippen molar-refractivity contribution in [2.24, 2.45) is 31.4 Å². The predicted octanol–water partition coefficient (Wildman–Crippen LogP) is 4.73. The fourth-order valence-corrected chi connectivity index (χ4v) is 16.3. The first-order chi connectivity index (χ1) is 47.3. The summed E-state index contributed by atoms with van der Waals surface area (Å²) in [7, 11) is 3.48. The summed E-state index contributed by atoms with van der Waals surface area (Å²) in [6, 6.07) is 0. The van der Waals surface area contributed by atoms with Gasteiger partial charge in [0.25, 0.3) is 0 Å². The van der Waals surface area contributed by atoms with E-state index >= 15 is 0 Å². The molecule has 13 N–H and O–H groups in total. The molecule has 584 valence electrons. The first-order valence-corrected chi connectivity index (χ1v) is 49.8. The molecule has 8 heterocycles. The van der Waals surface area contributed by atoms with Crippen molar-refractivity contribution >= 4 is 90.3 Å². The van der Waals surface area contributed by atoms with E-state index in [9.17, 15) is 45.6 Å². The molecular formula is C71H126N12O15P4Si. The summed E-state index contributed by atoms with van der Waals surface area (Å²) in [5.41, 5.74) is 13.8. The van der Waals surface area contributed by atoms with E-state index in [1.807, 2.05) is 43.1 Å². The molecule has 27 nitrogen and oxygen atoms in total.